The van der Waals surface area contributed by atoms with Crippen LogP contribution in [-0.2, 0) is 0 Å². The maximum Gasteiger partial charge on any atom is 0.125 e. The van der Waals surface area contributed by atoms with E-state index in [2.05, 4.69) is 26.1 Å². The molecule has 0 amide bonds. The average molecular weight is 280 g/mol. The first-order valence-electron chi connectivity index (χ1n) is 7.19. The van der Waals surface area contributed by atoms with Crippen LogP contribution in [0.25, 0.3) is 0 Å². The number of nitrogens with one attached hydrogen (secondary N) is 1. The fourth-order valence-electron chi connectivity index (χ4n) is 3.18. The predicted octanol–water partition coefficient (Wildman–Crippen LogP) is 4.33. The van der Waals surface area contributed by atoms with Crippen molar-refractivity contribution in [3.8, 4) is 5.75 Å². The zero-order valence-electron chi connectivity index (χ0n) is 11.9. The summed E-state index contributed by atoms with van der Waals surface area (Å²) in [5.41, 5.74) is 1.47. The van der Waals surface area contributed by atoms with E-state index in [0.29, 0.717) is 11.5 Å². The molecule has 2 nitrogen and oxygen atoms in total. The van der Waals surface area contributed by atoms with Gasteiger partial charge in [0.1, 0.15) is 11.4 Å². The average Bonchev–Trinajstić information content (AvgIpc) is 3.11. The number of rotatable bonds is 3. The third-order valence-electron chi connectivity index (χ3n) is 5.00. The Morgan fingerprint density at radius 3 is 2.74 bits per heavy atom. The molecule has 0 radical (unpaired) electrons. The summed E-state index contributed by atoms with van der Waals surface area (Å²) in [5.74, 6) is 0.997. The lowest BCUT2D eigenvalue weighted by Gasteiger charge is -2.44. The monoisotopic (exact) mass is 279 g/mol. The highest BCUT2D eigenvalue weighted by molar-refractivity contribution is 6.30. The van der Waals surface area contributed by atoms with Crippen molar-refractivity contribution in [2.75, 3.05) is 6.54 Å². The second-order valence-electron chi connectivity index (χ2n) is 6.39. The smallest absolute Gasteiger partial charge is 0.125 e. The van der Waals surface area contributed by atoms with Gasteiger partial charge < -0.3 is 10.1 Å². The summed E-state index contributed by atoms with van der Waals surface area (Å²) < 4.78 is 6.38. The van der Waals surface area contributed by atoms with Crippen LogP contribution in [0.15, 0.2) is 18.2 Å². The number of hydrogen-bond donors (Lipinski definition) is 1. The van der Waals surface area contributed by atoms with Crippen molar-refractivity contribution in [3.63, 3.8) is 0 Å². The molecule has 3 heteroatoms. The minimum Gasteiger partial charge on any atom is -0.487 e. The maximum absolute atomic E-state index is 6.38. The molecule has 1 N–H and O–H groups in total. The quantitative estimate of drug-likeness (QED) is 0.889. The minimum atomic E-state index is -0.0688. The Balaban J connectivity index is 1.99. The molecule has 19 heavy (non-hydrogen) atoms. The zero-order valence-corrected chi connectivity index (χ0v) is 12.7. The Morgan fingerprint density at radius 1 is 1.37 bits per heavy atom. The number of hydrogen-bond acceptors (Lipinski definition) is 2. The lowest BCUT2D eigenvalue weighted by atomic mass is 9.78. The van der Waals surface area contributed by atoms with Crippen molar-refractivity contribution >= 4 is 11.6 Å². The lowest BCUT2D eigenvalue weighted by molar-refractivity contribution is -0.0132. The molecule has 1 aromatic rings. The van der Waals surface area contributed by atoms with Crippen molar-refractivity contribution in [2.24, 2.45) is 5.41 Å². The Kier molecular flexibility index (Phi) is 3.06. The van der Waals surface area contributed by atoms with E-state index in [1.807, 2.05) is 18.2 Å². The van der Waals surface area contributed by atoms with Crippen LogP contribution < -0.4 is 10.1 Å². The third-order valence-corrected chi connectivity index (χ3v) is 5.24. The van der Waals surface area contributed by atoms with Crippen LogP contribution in [0, 0.1) is 5.41 Å². The molecule has 2 aliphatic rings. The van der Waals surface area contributed by atoms with Crippen LogP contribution in [0.2, 0.25) is 5.02 Å². The van der Waals surface area contributed by atoms with Gasteiger partial charge >= 0.3 is 0 Å². The van der Waals surface area contributed by atoms with Crippen molar-refractivity contribution in [1.82, 2.24) is 5.32 Å². The number of halogens is 1. The molecule has 1 aliphatic carbocycles. The molecule has 2 atom stereocenters. The Morgan fingerprint density at radius 2 is 2.11 bits per heavy atom. The summed E-state index contributed by atoms with van der Waals surface area (Å²) in [5, 5.41) is 4.37. The highest BCUT2D eigenvalue weighted by atomic mass is 35.5. The number of ether oxygens (including phenoxy) is 1. The molecule has 0 bridgehead atoms. The van der Waals surface area contributed by atoms with Gasteiger partial charge in [0.15, 0.2) is 0 Å². The van der Waals surface area contributed by atoms with Gasteiger partial charge in [0.05, 0.1) is 0 Å². The molecule has 1 heterocycles. The first-order valence-corrected chi connectivity index (χ1v) is 7.57. The molecule has 0 spiro atoms. The van der Waals surface area contributed by atoms with Crippen molar-refractivity contribution in [1.29, 1.82) is 0 Å². The number of fused-ring (bicyclic) bond motifs is 1. The van der Waals surface area contributed by atoms with Gasteiger partial charge in [0, 0.05) is 28.5 Å². The molecule has 1 saturated carbocycles. The Hall–Kier alpha value is -0.730. The first-order chi connectivity index (χ1) is 8.97. The summed E-state index contributed by atoms with van der Waals surface area (Å²) in [6, 6.07) is 6.32. The molecular formula is C16H22ClNO. The Labute approximate surface area is 120 Å². The molecule has 3 rings (SSSR count). The van der Waals surface area contributed by atoms with Crippen LogP contribution in [0.4, 0.5) is 0 Å². The molecular weight excluding hydrogens is 258 g/mol. The highest BCUT2D eigenvalue weighted by Crippen LogP contribution is 2.59. The van der Waals surface area contributed by atoms with E-state index in [1.54, 1.807) is 0 Å². The van der Waals surface area contributed by atoms with Crippen LogP contribution in [0.1, 0.15) is 51.6 Å². The van der Waals surface area contributed by atoms with E-state index >= 15 is 0 Å². The zero-order chi connectivity index (χ0) is 13.7. The van der Waals surface area contributed by atoms with Crippen molar-refractivity contribution < 1.29 is 4.74 Å². The van der Waals surface area contributed by atoms with Gasteiger partial charge in [0.2, 0.25) is 0 Å². The van der Waals surface area contributed by atoms with E-state index in [4.69, 9.17) is 16.3 Å². The SMILES string of the molecule is CCNC1CC(C)(C2(C)CC2)Oc2ccc(Cl)cc21. The highest BCUT2D eigenvalue weighted by Gasteiger charge is 2.57. The number of benzene rings is 1. The molecule has 0 aromatic heterocycles. The summed E-state index contributed by atoms with van der Waals surface area (Å²) >= 11 is 6.13. The van der Waals surface area contributed by atoms with Crippen LogP contribution >= 0.6 is 11.6 Å². The fourth-order valence-corrected chi connectivity index (χ4v) is 3.36. The van der Waals surface area contributed by atoms with Gasteiger partial charge in [-0.1, -0.05) is 25.4 Å². The largest absolute Gasteiger partial charge is 0.487 e. The molecule has 1 aliphatic heterocycles. The van der Waals surface area contributed by atoms with Crippen LogP contribution in [0.3, 0.4) is 0 Å². The lowest BCUT2D eigenvalue weighted by Crippen LogP contribution is -2.47. The Bertz CT molecular complexity index is 498. The second kappa shape index (κ2) is 4.39. The fraction of sp³-hybridized carbons (Fsp3) is 0.625. The first kappa shape index (κ1) is 13.3. The van der Waals surface area contributed by atoms with Crippen molar-refractivity contribution in [2.45, 2.75) is 51.7 Å². The minimum absolute atomic E-state index is 0.0688. The van der Waals surface area contributed by atoms with Crippen LogP contribution in [-0.4, -0.2) is 12.1 Å². The molecule has 2 unspecified atom stereocenters. The molecule has 104 valence electrons. The van der Waals surface area contributed by atoms with E-state index in [1.165, 1.54) is 18.4 Å². The topological polar surface area (TPSA) is 21.3 Å². The molecule has 1 aromatic carbocycles. The summed E-state index contributed by atoms with van der Waals surface area (Å²) in [6.45, 7) is 7.72. The van der Waals surface area contributed by atoms with Gasteiger partial charge in [-0.05, 0) is 44.5 Å². The van der Waals surface area contributed by atoms with Gasteiger partial charge in [-0.15, -0.1) is 0 Å². The summed E-state index contributed by atoms with van der Waals surface area (Å²) in [6.07, 6.45) is 3.56. The summed E-state index contributed by atoms with van der Waals surface area (Å²) in [4.78, 5) is 0. The van der Waals surface area contributed by atoms with E-state index < -0.39 is 0 Å². The third kappa shape index (κ3) is 2.15. The molecule has 1 fully saturated rings. The van der Waals surface area contributed by atoms with E-state index in [9.17, 15) is 0 Å². The van der Waals surface area contributed by atoms with Gasteiger partial charge in [-0.25, -0.2) is 0 Å². The van der Waals surface area contributed by atoms with Crippen molar-refractivity contribution in [3.05, 3.63) is 28.8 Å². The van der Waals surface area contributed by atoms with Crippen LogP contribution in [0.5, 0.6) is 5.75 Å². The van der Waals surface area contributed by atoms with E-state index in [-0.39, 0.29) is 5.60 Å². The molecule has 0 saturated heterocycles. The summed E-state index contributed by atoms with van der Waals surface area (Å²) in [7, 11) is 0. The standard InChI is InChI=1S/C16H22ClNO/c1-4-18-13-10-16(3,15(2)7-8-15)19-14-6-5-11(17)9-12(13)14/h5-6,9,13,18H,4,7-8,10H2,1-3H3. The maximum atomic E-state index is 6.38. The van der Waals surface area contributed by atoms with Gasteiger partial charge in [0.25, 0.3) is 0 Å². The normalized spacial score (nSPS) is 31.5. The van der Waals surface area contributed by atoms with Gasteiger partial charge in [-0.2, -0.15) is 0 Å². The predicted molar refractivity (Wildman–Crippen MR) is 78.9 cm³/mol. The van der Waals surface area contributed by atoms with E-state index in [0.717, 1.165) is 23.7 Å². The van der Waals surface area contributed by atoms with Gasteiger partial charge in [-0.3, -0.25) is 0 Å². The second-order valence-corrected chi connectivity index (χ2v) is 6.83.